The van der Waals surface area contributed by atoms with Crippen LogP contribution < -0.4 is 9.47 Å². The fourth-order valence-corrected chi connectivity index (χ4v) is 3.17. The summed E-state index contributed by atoms with van der Waals surface area (Å²) in [4.78, 5) is 20.6. The zero-order valence-electron chi connectivity index (χ0n) is 20.5. The van der Waals surface area contributed by atoms with Gasteiger partial charge < -0.3 is 28.8 Å². The van der Waals surface area contributed by atoms with Crippen molar-refractivity contribution in [1.82, 2.24) is 0 Å². The number of Topliss-reactive ketones (excluding diaryl/α,β-unsaturated/α-hetero) is 1. The second kappa shape index (κ2) is 17.3. The first-order chi connectivity index (χ1) is 15.9. The van der Waals surface area contributed by atoms with Gasteiger partial charge in [0.2, 0.25) is 6.79 Å². The molecule has 1 aromatic carbocycles. The monoisotopic (exact) mass is 468 g/mol. The van der Waals surface area contributed by atoms with Crippen LogP contribution in [0.4, 0.5) is 0 Å². The summed E-state index contributed by atoms with van der Waals surface area (Å²) in [6.45, 7) is 11.4. The van der Waals surface area contributed by atoms with Gasteiger partial charge in [-0.2, -0.15) is 0 Å². The number of ether oxygens (including phenoxy) is 5. The standard InChI is InChI=1S/C19H30O5.C6H10O3/c1-3-5-7-20-8-9-21-10-11-22-14-17-13-19-18(23-15-24-19)12-16(17)6-4-2;1-3-5(4(2)7)6(8)9/h12-13H,3-11,14-15H2,1-2H3;5H,3H2,1-2H3,(H,8,9). The van der Waals surface area contributed by atoms with E-state index in [-0.39, 0.29) is 5.78 Å². The molecule has 8 nitrogen and oxygen atoms in total. The minimum atomic E-state index is -1.02. The molecule has 1 unspecified atom stereocenters. The Hall–Kier alpha value is -2.16. The van der Waals surface area contributed by atoms with Crippen molar-refractivity contribution in [2.45, 2.75) is 66.4 Å². The van der Waals surface area contributed by atoms with E-state index in [0.29, 0.717) is 46.2 Å². The molecule has 0 spiro atoms. The summed E-state index contributed by atoms with van der Waals surface area (Å²) in [5.41, 5.74) is 2.44. The third kappa shape index (κ3) is 11.5. The van der Waals surface area contributed by atoms with Gasteiger partial charge in [0.15, 0.2) is 11.5 Å². The molecule has 0 amide bonds. The third-order valence-electron chi connectivity index (χ3n) is 5.06. The summed E-state index contributed by atoms with van der Waals surface area (Å²) < 4.78 is 27.6. The highest BCUT2D eigenvalue weighted by Gasteiger charge is 2.19. The first kappa shape index (κ1) is 28.9. The van der Waals surface area contributed by atoms with E-state index in [1.54, 1.807) is 6.92 Å². The van der Waals surface area contributed by atoms with Crippen LogP contribution in [0.2, 0.25) is 0 Å². The normalized spacial score (nSPS) is 12.7. The zero-order valence-corrected chi connectivity index (χ0v) is 20.5. The molecule has 188 valence electrons. The molecule has 0 saturated carbocycles. The Morgan fingerprint density at radius 2 is 1.48 bits per heavy atom. The molecule has 1 heterocycles. The molecule has 1 aliphatic rings. The lowest BCUT2D eigenvalue weighted by Gasteiger charge is -2.11. The van der Waals surface area contributed by atoms with E-state index in [0.717, 1.165) is 43.8 Å². The Bertz CT molecular complexity index is 690. The second-order valence-electron chi connectivity index (χ2n) is 7.76. The van der Waals surface area contributed by atoms with Crippen LogP contribution in [0.3, 0.4) is 0 Å². The van der Waals surface area contributed by atoms with E-state index < -0.39 is 11.9 Å². The molecule has 2 rings (SSSR count). The minimum Gasteiger partial charge on any atom is -0.481 e. The maximum atomic E-state index is 10.4. The Kier molecular flexibility index (Phi) is 15.2. The number of rotatable bonds is 16. The molecule has 0 bridgehead atoms. The number of carboxylic acid groups (broad SMARTS) is 1. The molecule has 33 heavy (non-hydrogen) atoms. The van der Waals surface area contributed by atoms with Gasteiger partial charge in [-0.15, -0.1) is 0 Å². The van der Waals surface area contributed by atoms with Crippen LogP contribution in [0.25, 0.3) is 0 Å². The summed E-state index contributed by atoms with van der Waals surface area (Å²) in [5.74, 6) is -0.442. The maximum Gasteiger partial charge on any atom is 0.314 e. The van der Waals surface area contributed by atoms with E-state index in [4.69, 9.17) is 28.8 Å². The largest absolute Gasteiger partial charge is 0.481 e. The van der Waals surface area contributed by atoms with Crippen LogP contribution in [-0.4, -0.2) is 56.7 Å². The quantitative estimate of drug-likeness (QED) is 0.281. The summed E-state index contributed by atoms with van der Waals surface area (Å²) >= 11 is 0. The molecular weight excluding hydrogens is 428 g/mol. The van der Waals surface area contributed by atoms with E-state index in [1.807, 2.05) is 6.07 Å². The van der Waals surface area contributed by atoms with Crippen molar-refractivity contribution in [3.8, 4) is 11.5 Å². The lowest BCUT2D eigenvalue weighted by molar-refractivity contribution is -0.145. The van der Waals surface area contributed by atoms with Gasteiger partial charge in [0.05, 0.1) is 33.0 Å². The highest BCUT2D eigenvalue weighted by Crippen LogP contribution is 2.35. The first-order valence-corrected chi connectivity index (χ1v) is 11.8. The molecule has 1 atom stereocenters. The Labute approximate surface area is 197 Å². The van der Waals surface area contributed by atoms with Crippen LogP contribution in [0, 0.1) is 5.92 Å². The lowest BCUT2D eigenvalue weighted by Crippen LogP contribution is -2.19. The van der Waals surface area contributed by atoms with Crippen LogP contribution in [0.1, 0.15) is 64.5 Å². The molecule has 0 aromatic heterocycles. The predicted octanol–water partition coefficient (Wildman–Crippen LogP) is 4.40. The van der Waals surface area contributed by atoms with Crippen molar-refractivity contribution in [2.75, 3.05) is 39.8 Å². The van der Waals surface area contributed by atoms with Gasteiger partial charge in [-0.1, -0.05) is 33.6 Å². The number of carbonyl (C=O) groups excluding carboxylic acids is 1. The van der Waals surface area contributed by atoms with Crippen LogP contribution in [0.5, 0.6) is 11.5 Å². The predicted molar refractivity (Wildman–Crippen MR) is 125 cm³/mol. The smallest absolute Gasteiger partial charge is 0.314 e. The molecule has 8 heteroatoms. The molecular formula is C25H40O8. The van der Waals surface area contributed by atoms with Gasteiger partial charge in [0, 0.05) is 6.61 Å². The number of carboxylic acids is 1. The Morgan fingerprint density at radius 1 is 0.909 bits per heavy atom. The van der Waals surface area contributed by atoms with Crippen LogP contribution in [-0.2, 0) is 36.8 Å². The number of hydrogen-bond acceptors (Lipinski definition) is 7. The number of hydrogen-bond donors (Lipinski definition) is 1. The van der Waals surface area contributed by atoms with Crippen molar-refractivity contribution in [1.29, 1.82) is 0 Å². The number of aryl methyl sites for hydroxylation is 1. The minimum absolute atomic E-state index is 0.273. The maximum absolute atomic E-state index is 10.4. The SMILES string of the molecule is CCC(C(C)=O)C(=O)O.CCCCOCCOCCOCc1cc2c(cc1CCC)OCO2. The number of carbonyl (C=O) groups is 2. The average molecular weight is 469 g/mol. The molecule has 1 aromatic rings. The number of benzene rings is 1. The molecule has 0 radical (unpaired) electrons. The number of ketones is 1. The van der Waals surface area contributed by atoms with Crippen LogP contribution >= 0.6 is 0 Å². The molecule has 1 aliphatic heterocycles. The topological polar surface area (TPSA) is 101 Å². The van der Waals surface area contributed by atoms with Gasteiger partial charge >= 0.3 is 5.97 Å². The molecule has 0 aliphatic carbocycles. The second-order valence-corrected chi connectivity index (χ2v) is 7.76. The van der Waals surface area contributed by atoms with E-state index in [2.05, 4.69) is 19.9 Å². The summed E-state index contributed by atoms with van der Waals surface area (Å²) in [6.07, 6.45) is 4.76. The van der Waals surface area contributed by atoms with Gasteiger partial charge in [0.1, 0.15) is 11.7 Å². The van der Waals surface area contributed by atoms with Crippen molar-refractivity contribution in [3.05, 3.63) is 23.3 Å². The van der Waals surface area contributed by atoms with Crippen molar-refractivity contribution in [3.63, 3.8) is 0 Å². The fraction of sp³-hybridized carbons (Fsp3) is 0.680. The summed E-state index contributed by atoms with van der Waals surface area (Å²) in [6, 6.07) is 4.12. The molecule has 0 saturated heterocycles. The molecule has 0 fully saturated rings. The van der Waals surface area contributed by atoms with Crippen molar-refractivity contribution >= 4 is 11.8 Å². The summed E-state index contributed by atoms with van der Waals surface area (Å²) in [7, 11) is 0. The Balaban J connectivity index is 0.000000513. The van der Waals surface area contributed by atoms with Gasteiger partial charge in [-0.05, 0) is 49.4 Å². The highest BCUT2D eigenvalue weighted by atomic mass is 16.7. The van der Waals surface area contributed by atoms with Gasteiger partial charge in [-0.25, -0.2) is 0 Å². The van der Waals surface area contributed by atoms with Crippen molar-refractivity contribution < 1.29 is 38.4 Å². The third-order valence-corrected chi connectivity index (χ3v) is 5.06. The Morgan fingerprint density at radius 3 is 1.97 bits per heavy atom. The van der Waals surface area contributed by atoms with E-state index >= 15 is 0 Å². The number of aliphatic carboxylic acids is 1. The first-order valence-electron chi connectivity index (χ1n) is 11.8. The average Bonchev–Trinajstić information content (AvgIpc) is 3.23. The lowest BCUT2D eigenvalue weighted by atomic mass is 10.0. The van der Waals surface area contributed by atoms with Gasteiger partial charge in [0.25, 0.3) is 0 Å². The number of fused-ring (bicyclic) bond motifs is 1. The fourth-order valence-electron chi connectivity index (χ4n) is 3.17. The zero-order chi connectivity index (χ0) is 24.5. The molecule has 1 N–H and O–H groups in total. The van der Waals surface area contributed by atoms with Gasteiger partial charge in [-0.3, -0.25) is 9.59 Å². The van der Waals surface area contributed by atoms with E-state index in [9.17, 15) is 9.59 Å². The van der Waals surface area contributed by atoms with Crippen molar-refractivity contribution in [2.24, 2.45) is 5.92 Å². The highest BCUT2D eigenvalue weighted by molar-refractivity contribution is 5.96. The summed E-state index contributed by atoms with van der Waals surface area (Å²) in [5, 5.41) is 8.32. The van der Waals surface area contributed by atoms with Crippen LogP contribution in [0.15, 0.2) is 12.1 Å². The van der Waals surface area contributed by atoms with E-state index in [1.165, 1.54) is 18.1 Å². The number of unbranched alkanes of at least 4 members (excludes halogenated alkanes) is 1.